The molecule has 0 aliphatic heterocycles. The summed E-state index contributed by atoms with van der Waals surface area (Å²) in [5.74, 6) is 0.811. The van der Waals surface area contributed by atoms with Gasteiger partial charge in [-0.1, -0.05) is 0 Å². The van der Waals surface area contributed by atoms with Crippen LogP contribution in [-0.2, 0) is 23.1 Å². The van der Waals surface area contributed by atoms with Crippen LogP contribution in [0.4, 0.5) is 0 Å². The van der Waals surface area contributed by atoms with Crippen molar-refractivity contribution in [1.82, 2.24) is 9.29 Å². The van der Waals surface area contributed by atoms with E-state index in [1.807, 2.05) is 0 Å². The largest absolute Gasteiger partial charge is 0.464 e. The number of rotatable bonds is 5. The third kappa shape index (κ3) is 2.90. The number of nitrogens with two attached hydrogens (primary N) is 1. The van der Waals surface area contributed by atoms with E-state index < -0.39 is 10.0 Å². The molecule has 2 N–H and O–H groups in total. The smallest absolute Gasteiger partial charge is 0.246 e. The SMILES string of the molecule is Cc1oc(CN)cc1S(=O)(=O)N(C)Cc1ccncc1. The minimum Gasteiger partial charge on any atom is -0.464 e. The zero-order valence-electron chi connectivity index (χ0n) is 11.4. The molecule has 0 unspecified atom stereocenters. The zero-order valence-corrected chi connectivity index (χ0v) is 12.2. The van der Waals surface area contributed by atoms with Crippen molar-refractivity contribution in [3.63, 3.8) is 0 Å². The Hall–Kier alpha value is -1.70. The van der Waals surface area contributed by atoms with Gasteiger partial charge in [-0.05, 0) is 24.6 Å². The third-order valence-corrected chi connectivity index (χ3v) is 4.88. The highest BCUT2D eigenvalue weighted by Crippen LogP contribution is 2.23. The Kier molecular flexibility index (Phi) is 4.22. The summed E-state index contributed by atoms with van der Waals surface area (Å²) in [6, 6.07) is 5.03. The fourth-order valence-corrected chi connectivity index (χ4v) is 3.22. The lowest BCUT2D eigenvalue weighted by Gasteiger charge is -2.16. The minimum atomic E-state index is -3.59. The number of hydrogen-bond donors (Lipinski definition) is 1. The molecule has 2 heterocycles. The van der Waals surface area contributed by atoms with Gasteiger partial charge < -0.3 is 10.2 Å². The van der Waals surface area contributed by atoms with Crippen LogP contribution >= 0.6 is 0 Å². The van der Waals surface area contributed by atoms with Crippen molar-refractivity contribution in [2.24, 2.45) is 5.73 Å². The maximum absolute atomic E-state index is 12.5. The van der Waals surface area contributed by atoms with Crippen molar-refractivity contribution < 1.29 is 12.8 Å². The van der Waals surface area contributed by atoms with Crippen molar-refractivity contribution in [2.45, 2.75) is 24.9 Å². The molecular weight excluding hydrogens is 278 g/mol. The van der Waals surface area contributed by atoms with Crippen LogP contribution in [0.25, 0.3) is 0 Å². The second-order valence-electron chi connectivity index (χ2n) is 4.45. The van der Waals surface area contributed by atoms with E-state index in [1.54, 1.807) is 31.5 Å². The molecule has 0 aliphatic carbocycles. The summed E-state index contributed by atoms with van der Waals surface area (Å²) in [5.41, 5.74) is 6.33. The molecule has 2 rings (SSSR count). The first-order valence-electron chi connectivity index (χ1n) is 6.09. The predicted octanol–water partition coefficient (Wildman–Crippen LogP) is 1.26. The molecule has 0 saturated carbocycles. The van der Waals surface area contributed by atoms with E-state index in [-0.39, 0.29) is 18.0 Å². The van der Waals surface area contributed by atoms with E-state index >= 15 is 0 Å². The maximum Gasteiger partial charge on any atom is 0.246 e. The molecule has 0 spiro atoms. The lowest BCUT2D eigenvalue weighted by molar-refractivity contribution is 0.456. The Morgan fingerprint density at radius 1 is 1.35 bits per heavy atom. The van der Waals surface area contributed by atoms with E-state index in [0.29, 0.717) is 11.5 Å². The van der Waals surface area contributed by atoms with E-state index in [2.05, 4.69) is 4.98 Å². The Labute approximate surface area is 118 Å². The highest BCUT2D eigenvalue weighted by atomic mass is 32.2. The quantitative estimate of drug-likeness (QED) is 0.897. The topological polar surface area (TPSA) is 89.4 Å². The second-order valence-corrected chi connectivity index (χ2v) is 6.47. The molecular formula is C13H17N3O3S. The van der Waals surface area contributed by atoms with E-state index in [4.69, 9.17) is 10.2 Å². The van der Waals surface area contributed by atoms with Crippen molar-refractivity contribution in [3.05, 3.63) is 47.7 Å². The average Bonchev–Trinajstić information content (AvgIpc) is 2.82. The van der Waals surface area contributed by atoms with Gasteiger partial charge in [0.25, 0.3) is 0 Å². The number of aromatic nitrogens is 1. The summed E-state index contributed by atoms with van der Waals surface area (Å²) in [6.45, 7) is 2.06. The molecule has 2 aromatic heterocycles. The number of furan rings is 1. The minimum absolute atomic E-state index is 0.162. The molecule has 2 aromatic rings. The molecule has 20 heavy (non-hydrogen) atoms. The number of aryl methyl sites for hydroxylation is 1. The summed E-state index contributed by atoms with van der Waals surface area (Å²) < 4.78 is 31.6. The number of pyridine rings is 1. The zero-order chi connectivity index (χ0) is 14.8. The van der Waals surface area contributed by atoms with Gasteiger partial charge in [0.1, 0.15) is 16.4 Å². The Balaban J connectivity index is 2.27. The second kappa shape index (κ2) is 5.74. The molecule has 6 nitrogen and oxygen atoms in total. The van der Waals surface area contributed by atoms with Crippen LogP contribution in [-0.4, -0.2) is 24.8 Å². The molecule has 0 fully saturated rings. The molecule has 0 amide bonds. The average molecular weight is 295 g/mol. The molecule has 0 bridgehead atoms. The summed E-state index contributed by atoms with van der Waals surface area (Å²) in [7, 11) is -2.06. The van der Waals surface area contributed by atoms with Gasteiger partial charge in [-0.15, -0.1) is 0 Å². The molecule has 108 valence electrons. The van der Waals surface area contributed by atoms with E-state index in [9.17, 15) is 8.42 Å². The fraction of sp³-hybridized carbons (Fsp3) is 0.308. The predicted molar refractivity (Wildman–Crippen MR) is 74.2 cm³/mol. The first-order valence-corrected chi connectivity index (χ1v) is 7.53. The number of nitrogens with zero attached hydrogens (tertiary/aromatic N) is 2. The summed E-state index contributed by atoms with van der Waals surface area (Å²) >= 11 is 0. The lowest BCUT2D eigenvalue weighted by atomic mass is 10.3. The standard InChI is InChI=1S/C13H17N3O3S/c1-10-13(7-12(8-14)19-10)20(17,18)16(2)9-11-3-5-15-6-4-11/h3-7H,8-9,14H2,1-2H3. The van der Waals surface area contributed by atoms with Crippen molar-refractivity contribution in [1.29, 1.82) is 0 Å². The van der Waals surface area contributed by atoms with Gasteiger partial charge in [0, 0.05) is 32.1 Å². The van der Waals surface area contributed by atoms with Crippen LogP contribution in [0.2, 0.25) is 0 Å². The van der Waals surface area contributed by atoms with Gasteiger partial charge in [0.05, 0.1) is 6.54 Å². The summed E-state index contributed by atoms with van der Waals surface area (Å²) in [5, 5.41) is 0. The Morgan fingerprint density at radius 3 is 2.55 bits per heavy atom. The molecule has 0 radical (unpaired) electrons. The van der Waals surface area contributed by atoms with Crippen molar-refractivity contribution in [3.8, 4) is 0 Å². The van der Waals surface area contributed by atoms with Crippen LogP contribution in [0.3, 0.4) is 0 Å². The highest BCUT2D eigenvalue weighted by molar-refractivity contribution is 7.89. The summed E-state index contributed by atoms with van der Waals surface area (Å²) in [6.07, 6.45) is 3.26. The van der Waals surface area contributed by atoms with Crippen LogP contribution in [0.5, 0.6) is 0 Å². The molecule has 0 saturated heterocycles. The maximum atomic E-state index is 12.5. The van der Waals surface area contributed by atoms with Gasteiger partial charge in [-0.2, -0.15) is 4.31 Å². The molecule has 7 heteroatoms. The van der Waals surface area contributed by atoms with Crippen LogP contribution in [0.15, 0.2) is 39.9 Å². The lowest BCUT2D eigenvalue weighted by Crippen LogP contribution is -2.26. The van der Waals surface area contributed by atoms with Gasteiger partial charge in [-0.3, -0.25) is 4.98 Å². The Bertz CT molecular complexity index is 680. The molecule has 0 atom stereocenters. The van der Waals surface area contributed by atoms with Gasteiger partial charge in [0.15, 0.2) is 0 Å². The van der Waals surface area contributed by atoms with E-state index in [1.165, 1.54) is 17.4 Å². The van der Waals surface area contributed by atoms with Crippen LogP contribution < -0.4 is 5.73 Å². The molecule has 0 aliphatic rings. The Morgan fingerprint density at radius 2 is 2.00 bits per heavy atom. The normalized spacial score (nSPS) is 12.0. The van der Waals surface area contributed by atoms with Crippen LogP contribution in [0.1, 0.15) is 17.1 Å². The highest BCUT2D eigenvalue weighted by Gasteiger charge is 2.26. The number of sulfonamides is 1. The fourth-order valence-electron chi connectivity index (χ4n) is 1.88. The first kappa shape index (κ1) is 14.7. The monoisotopic (exact) mass is 295 g/mol. The van der Waals surface area contributed by atoms with Gasteiger partial charge in [0.2, 0.25) is 10.0 Å². The first-order chi connectivity index (χ1) is 9.45. The van der Waals surface area contributed by atoms with Crippen molar-refractivity contribution in [2.75, 3.05) is 7.05 Å². The van der Waals surface area contributed by atoms with Crippen LogP contribution in [0, 0.1) is 6.92 Å². The van der Waals surface area contributed by atoms with E-state index in [0.717, 1.165) is 5.56 Å². The summed E-state index contributed by atoms with van der Waals surface area (Å²) in [4.78, 5) is 4.07. The van der Waals surface area contributed by atoms with Gasteiger partial charge >= 0.3 is 0 Å². The van der Waals surface area contributed by atoms with Crippen molar-refractivity contribution >= 4 is 10.0 Å². The third-order valence-electron chi connectivity index (χ3n) is 2.97. The molecule has 0 aromatic carbocycles. The number of hydrogen-bond acceptors (Lipinski definition) is 5. The van der Waals surface area contributed by atoms with Gasteiger partial charge in [-0.25, -0.2) is 8.42 Å².